The average molecular weight is 138 g/mol. The molecule has 0 saturated carbocycles. The van der Waals surface area contributed by atoms with Gasteiger partial charge in [0.25, 0.3) is 5.95 Å². The van der Waals surface area contributed by atoms with Crippen molar-refractivity contribution in [1.82, 2.24) is 15.2 Å². The smallest absolute Gasteiger partial charge is 0.272 e. The summed E-state index contributed by atoms with van der Waals surface area (Å²) in [6, 6.07) is 0. The van der Waals surface area contributed by atoms with Crippen LogP contribution in [0.3, 0.4) is 0 Å². The molecule has 0 saturated heterocycles. The van der Waals surface area contributed by atoms with Crippen LogP contribution < -0.4 is 11.5 Å². The van der Waals surface area contributed by atoms with E-state index < -0.39 is 0 Å². The van der Waals surface area contributed by atoms with Crippen LogP contribution in [0.4, 0.5) is 5.95 Å². The van der Waals surface area contributed by atoms with Gasteiger partial charge in [-0.1, -0.05) is 0 Å². The number of guanidine groups is 1. The van der Waals surface area contributed by atoms with E-state index in [-0.39, 0.29) is 11.9 Å². The van der Waals surface area contributed by atoms with Gasteiger partial charge in [0.05, 0.1) is 12.4 Å². The minimum Gasteiger partial charge on any atom is -0.370 e. The lowest BCUT2D eigenvalue weighted by Gasteiger charge is -1.88. The normalized spacial score (nSPS) is 8.80. The highest BCUT2D eigenvalue weighted by Gasteiger charge is 1.88. The van der Waals surface area contributed by atoms with E-state index in [0.29, 0.717) is 0 Å². The summed E-state index contributed by atoms with van der Waals surface area (Å²) in [5, 5.41) is 7.02. The highest BCUT2D eigenvalue weighted by Crippen LogP contribution is 1.94. The number of rotatable bonds is 1. The molecular formula is C4H6N6. The molecule has 0 bridgehead atoms. The molecule has 0 unspecified atom stereocenters. The maximum absolute atomic E-state index is 5.04. The Morgan fingerprint density at radius 2 is 2.20 bits per heavy atom. The Balaban J connectivity index is 2.87. The molecule has 1 rings (SSSR count). The van der Waals surface area contributed by atoms with Crippen LogP contribution in [0.2, 0.25) is 0 Å². The van der Waals surface area contributed by atoms with E-state index in [9.17, 15) is 0 Å². The summed E-state index contributed by atoms with van der Waals surface area (Å²) >= 11 is 0. The van der Waals surface area contributed by atoms with Crippen molar-refractivity contribution in [2.75, 3.05) is 0 Å². The lowest BCUT2D eigenvalue weighted by atomic mass is 10.8. The summed E-state index contributed by atoms with van der Waals surface area (Å²) in [5.74, 6) is 0.0931. The van der Waals surface area contributed by atoms with Crippen LogP contribution >= 0.6 is 0 Å². The van der Waals surface area contributed by atoms with Crippen LogP contribution in [0.25, 0.3) is 0 Å². The molecule has 0 spiro atoms. The molecule has 0 aliphatic carbocycles. The summed E-state index contributed by atoms with van der Waals surface area (Å²) in [6.07, 6.45) is 2.89. The van der Waals surface area contributed by atoms with Crippen molar-refractivity contribution in [3.05, 3.63) is 12.4 Å². The fraction of sp³-hybridized carbons (Fsp3) is 0. The minimum absolute atomic E-state index is 0.0759. The minimum atomic E-state index is -0.0759. The van der Waals surface area contributed by atoms with Gasteiger partial charge in [-0.3, -0.25) is 0 Å². The van der Waals surface area contributed by atoms with Gasteiger partial charge in [0.1, 0.15) is 0 Å². The SMILES string of the molecule is NC(N)=Nc1nccnn1. The van der Waals surface area contributed by atoms with Crippen molar-refractivity contribution in [3.8, 4) is 0 Å². The van der Waals surface area contributed by atoms with Gasteiger partial charge in [0.15, 0.2) is 5.96 Å². The van der Waals surface area contributed by atoms with Gasteiger partial charge < -0.3 is 11.5 Å². The van der Waals surface area contributed by atoms with Gasteiger partial charge in [-0.25, -0.2) is 4.98 Å². The zero-order valence-corrected chi connectivity index (χ0v) is 5.10. The average Bonchev–Trinajstić information content (AvgIpc) is 1.88. The van der Waals surface area contributed by atoms with Crippen molar-refractivity contribution < 1.29 is 0 Å². The highest BCUT2D eigenvalue weighted by atomic mass is 15.2. The van der Waals surface area contributed by atoms with Gasteiger partial charge in [0.2, 0.25) is 0 Å². The monoisotopic (exact) mass is 138 g/mol. The molecule has 1 aromatic rings. The van der Waals surface area contributed by atoms with E-state index in [1.807, 2.05) is 0 Å². The molecule has 0 aliphatic heterocycles. The maximum atomic E-state index is 5.04. The largest absolute Gasteiger partial charge is 0.370 e. The van der Waals surface area contributed by atoms with E-state index in [4.69, 9.17) is 11.5 Å². The Morgan fingerprint density at radius 3 is 2.70 bits per heavy atom. The predicted octanol–water partition coefficient (Wildman–Crippen LogP) is -1.22. The van der Waals surface area contributed by atoms with E-state index in [1.165, 1.54) is 12.4 Å². The third kappa shape index (κ3) is 1.66. The van der Waals surface area contributed by atoms with Crippen molar-refractivity contribution in [3.63, 3.8) is 0 Å². The number of hydrogen-bond acceptors (Lipinski definition) is 4. The lowest BCUT2D eigenvalue weighted by molar-refractivity contribution is 0.961. The molecule has 6 heteroatoms. The number of aromatic nitrogens is 3. The molecule has 1 aromatic heterocycles. The molecule has 52 valence electrons. The summed E-state index contributed by atoms with van der Waals surface area (Å²) in [4.78, 5) is 7.24. The molecule has 10 heavy (non-hydrogen) atoms. The van der Waals surface area contributed by atoms with Crippen LogP contribution in [0.15, 0.2) is 17.4 Å². The van der Waals surface area contributed by atoms with Crippen LogP contribution in [0.5, 0.6) is 0 Å². The molecule has 0 aliphatic rings. The Kier molecular flexibility index (Phi) is 1.74. The second-order valence-electron chi connectivity index (χ2n) is 1.48. The molecule has 4 N–H and O–H groups in total. The van der Waals surface area contributed by atoms with Gasteiger partial charge in [-0.05, 0) is 0 Å². The van der Waals surface area contributed by atoms with Crippen LogP contribution in [0, 0.1) is 0 Å². The van der Waals surface area contributed by atoms with E-state index in [2.05, 4.69) is 20.2 Å². The molecule has 0 aromatic carbocycles. The Labute approximate surface area is 57.0 Å². The van der Waals surface area contributed by atoms with E-state index in [0.717, 1.165) is 0 Å². The second kappa shape index (κ2) is 2.72. The topological polar surface area (TPSA) is 103 Å². The molecule has 0 radical (unpaired) electrons. The molecule has 1 heterocycles. The number of hydrogen-bond donors (Lipinski definition) is 2. The highest BCUT2D eigenvalue weighted by molar-refractivity contribution is 5.77. The van der Waals surface area contributed by atoms with Gasteiger partial charge >= 0.3 is 0 Å². The number of nitrogens with zero attached hydrogens (tertiary/aromatic N) is 4. The van der Waals surface area contributed by atoms with Crippen molar-refractivity contribution >= 4 is 11.9 Å². The Hall–Kier alpha value is -1.72. The second-order valence-corrected chi connectivity index (χ2v) is 1.48. The fourth-order valence-electron chi connectivity index (χ4n) is 0.407. The lowest BCUT2D eigenvalue weighted by Crippen LogP contribution is -2.22. The zero-order chi connectivity index (χ0) is 7.40. The first-order chi connectivity index (χ1) is 4.79. The van der Waals surface area contributed by atoms with Gasteiger partial charge in [-0.15, -0.1) is 5.10 Å². The van der Waals surface area contributed by atoms with Crippen molar-refractivity contribution in [2.45, 2.75) is 0 Å². The number of aliphatic imine (C=N–C) groups is 1. The van der Waals surface area contributed by atoms with Crippen molar-refractivity contribution in [2.24, 2.45) is 16.5 Å². The van der Waals surface area contributed by atoms with E-state index >= 15 is 0 Å². The zero-order valence-electron chi connectivity index (χ0n) is 5.10. The fourth-order valence-corrected chi connectivity index (χ4v) is 0.407. The predicted molar refractivity (Wildman–Crippen MR) is 35.3 cm³/mol. The quantitative estimate of drug-likeness (QED) is 0.374. The third-order valence-electron chi connectivity index (χ3n) is 0.700. The molecule has 0 atom stereocenters. The van der Waals surface area contributed by atoms with Gasteiger partial charge in [0, 0.05) is 0 Å². The Morgan fingerprint density at radius 1 is 1.40 bits per heavy atom. The number of nitrogens with two attached hydrogens (primary N) is 2. The molecule has 0 amide bonds. The molecule has 0 fully saturated rings. The van der Waals surface area contributed by atoms with Crippen molar-refractivity contribution in [1.29, 1.82) is 0 Å². The summed E-state index contributed by atoms with van der Waals surface area (Å²) in [7, 11) is 0. The first kappa shape index (κ1) is 6.40. The first-order valence-electron chi connectivity index (χ1n) is 2.52. The van der Waals surface area contributed by atoms with E-state index in [1.54, 1.807) is 0 Å². The summed E-state index contributed by atoms with van der Waals surface area (Å²) in [6.45, 7) is 0. The molecular weight excluding hydrogens is 132 g/mol. The summed E-state index contributed by atoms with van der Waals surface area (Å²) in [5.41, 5.74) is 10.1. The van der Waals surface area contributed by atoms with Crippen LogP contribution in [-0.2, 0) is 0 Å². The van der Waals surface area contributed by atoms with Crippen LogP contribution in [-0.4, -0.2) is 21.1 Å². The third-order valence-corrected chi connectivity index (χ3v) is 0.700. The maximum Gasteiger partial charge on any atom is 0.272 e. The summed E-state index contributed by atoms with van der Waals surface area (Å²) < 4.78 is 0. The van der Waals surface area contributed by atoms with Crippen LogP contribution in [0.1, 0.15) is 0 Å². The Bertz CT molecular complexity index is 225. The first-order valence-corrected chi connectivity index (χ1v) is 2.52. The van der Waals surface area contributed by atoms with Gasteiger partial charge in [-0.2, -0.15) is 10.1 Å². The standard InChI is InChI=1S/C4H6N6/c5-3(6)9-4-7-1-2-8-10-4/h1-2H,(H4,5,6,7,9,10). The molecule has 6 nitrogen and oxygen atoms in total.